The molecule has 0 saturated heterocycles. The van der Waals surface area contributed by atoms with Gasteiger partial charge in [-0.3, -0.25) is 0 Å². The number of fused-ring (bicyclic) bond motifs is 2. The van der Waals surface area contributed by atoms with Gasteiger partial charge < -0.3 is 9.47 Å². The lowest BCUT2D eigenvalue weighted by molar-refractivity contribution is 0.266. The molecule has 0 amide bonds. The van der Waals surface area contributed by atoms with Crippen molar-refractivity contribution < 1.29 is 9.47 Å². The third-order valence-corrected chi connectivity index (χ3v) is 4.97. The third kappa shape index (κ3) is 2.09. The molecule has 0 fully saturated rings. The summed E-state index contributed by atoms with van der Waals surface area (Å²) in [6, 6.07) is 2.44. The van der Waals surface area contributed by atoms with E-state index < -0.39 is 0 Å². The van der Waals surface area contributed by atoms with Crippen molar-refractivity contribution >= 4 is 15.9 Å². The zero-order valence-corrected chi connectivity index (χ0v) is 13.3. The molecule has 0 radical (unpaired) electrons. The monoisotopic (exact) mass is 335 g/mol. The minimum absolute atomic E-state index is 0.106. The first-order valence-corrected chi connectivity index (χ1v) is 8.09. The predicted octanol–water partition coefficient (Wildman–Crippen LogP) is 4.12. The summed E-state index contributed by atoms with van der Waals surface area (Å²) in [6.07, 6.45) is 4.79. The lowest BCUT2D eigenvalue weighted by atomic mass is 9.85. The van der Waals surface area contributed by atoms with Crippen LogP contribution < -0.4 is 9.47 Å². The number of nitriles is 1. The summed E-state index contributed by atoms with van der Waals surface area (Å²) in [5, 5.41) is 9.49. The van der Waals surface area contributed by atoms with Crippen LogP contribution in [-0.2, 0) is 12.8 Å². The second-order valence-corrected chi connectivity index (χ2v) is 6.13. The average molecular weight is 336 g/mol. The van der Waals surface area contributed by atoms with Gasteiger partial charge in [-0.15, -0.1) is 0 Å². The molecule has 0 saturated carbocycles. The van der Waals surface area contributed by atoms with E-state index in [9.17, 15) is 5.26 Å². The standard InChI is InChI=1S/C16H18BrNO2/c1-2-10(9-18)13-11-5-3-8-20-16(11)14(17)12-6-4-7-19-15(12)13/h10H,2-8H2,1H3. The van der Waals surface area contributed by atoms with Gasteiger partial charge in [-0.1, -0.05) is 6.92 Å². The molecule has 0 spiro atoms. The van der Waals surface area contributed by atoms with E-state index in [0.717, 1.165) is 66.9 Å². The van der Waals surface area contributed by atoms with Crippen LogP contribution in [0.4, 0.5) is 0 Å². The first-order chi connectivity index (χ1) is 9.77. The molecule has 1 atom stereocenters. The largest absolute Gasteiger partial charge is 0.493 e. The highest BCUT2D eigenvalue weighted by molar-refractivity contribution is 9.10. The van der Waals surface area contributed by atoms with Gasteiger partial charge >= 0.3 is 0 Å². The Morgan fingerprint density at radius 2 is 1.80 bits per heavy atom. The molecule has 0 aromatic heterocycles. The second-order valence-electron chi connectivity index (χ2n) is 5.34. The smallest absolute Gasteiger partial charge is 0.137 e. The molecule has 2 aliphatic rings. The fraction of sp³-hybridized carbons (Fsp3) is 0.562. The van der Waals surface area contributed by atoms with E-state index in [4.69, 9.17) is 9.47 Å². The van der Waals surface area contributed by atoms with Crippen LogP contribution in [0, 0.1) is 11.3 Å². The summed E-state index contributed by atoms with van der Waals surface area (Å²) >= 11 is 3.69. The number of ether oxygens (including phenoxy) is 2. The number of nitrogens with zero attached hydrogens (tertiary/aromatic N) is 1. The van der Waals surface area contributed by atoms with Crippen LogP contribution in [0.1, 0.15) is 48.8 Å². The zero-order chi connectivity index (χ0) is 14.1. The third-order valence-electron chi connectivity index (χ3n) is 4.13. The van der Waals surface area contributed by atoms with Gasteiger partial charge in [0.1, 0.15) is 11.5 Å². The minimum atomic E-state index is -0.106. The maximum absolute atomic E-state index is 9.49. The summed E-state index contributed by atoms with van der Waals surface area (Å²) in [5.41, 5.74) is 3.44. The fourth-order valence-corrected chi connectivity index (χ4v) is 3.88. The summed E-state index contributed by atoms with van der Waals surface area (Å²) in [5.74, 6) is 1.79. The minimum Gasteiger partial charge on any atom is -0.493 e. The van der Waals surface area contributed by atoms with Gasteiger partial charge in [0.15, 0.2) is 0 Å². The summed E-state index contributed by atoms with van der Waals surface area (Å²) in [7, 11) is 0. The Hall–Kier alpha value is -1.21. The van der Waals surface area contributed by atoms with Crippen molar-refractivity contribution in [3.63, 3.8) is 0 Å². The van der Waals surface area contributed by atoms with Gasteiger partial charge in [-0.25, -0.2) is 0 Å². The Balaban J connectivity index is 2.27. The molecule has 2 aliphatic heterocycles. The van der Waals surface area contributed by atoms with Crippen molar-refractivity contribution in [2.24, 2.45) is 0 Å². The first-order valence-electron chi connectivity index (χ1n) is 7.30. The van der Waals surface area contributed by atoms with Crippen LogP contribution in [0.25, 0.3) is 0 Å². The Morgan fingerprint density at radius 3 is 2.45 bits per heavy atom. The van der Waals surface area contributed by atoms with Gasteiger partial charge in [0.25, 0.3) is 0 Å². The molecule has 3 rings (SSSR count). The maximum Gasteiger partial charge on any atom is 0.137 e. The van der Waals surface area contributed by atoms with Crippen LogP contribution in [-0.4, -0.2) is 13.2 Å². The van der Waals surface area contributed by atoms with E-state index in [1.54, 1.807) is 0 Å². The SMILES string of the molecule is CCC(C#N)c1c2c(c(Br)c3c1OCCC3)OCCC2. The highest BCUT2D eigenvalue weighted by atomic mass is 79.9. The molecule has 0 N–H and O–H groups in total. The van der Waals surface area contributed by atoms with E-state index in [1.807, 2.05) is 0 Å². The second kappa shape index (κ2) is 5.65. The highest BCUT2D eigenvalue weighted by Gasteiger charge is 2.31. The molecule has 0 bridgehead atoms. The topological polar surface area (TPSA) is 42.2 Å². The van der Waals surface area contributed by atoms with Crippen molar-refractivity contribution in [2.45, 2.75) is 44.9 Å². The molecule has 20 heavy (non-hydrogen) atoms. The molecular weight excluding hydrogens is 318 g/mol. The quantitative estimate of drug-likeness (QED) is 0.816. The Morgan fingerprint density at radius 1 is 1.15 bits per heavy atom. The van der Waals surface area contributed by atoms with Crippen LogP contribution in [0.3, 0.4) is 0 Å². The van der Waals surface area contributed by atoms with Crippen molar-refractivity contribution in [1.82, 2.24) is 0 Å². The van der Waals surface area contributed by atoms with Gasteiger partial charge in [0.2, 0.25) is 0 Å². The highest BCUT2D eigenvalue weighted by Crippen LogP contribution is 2.49. The number of benzene rings is 1. The Kier molecular flexibility index (Phi) is 3.89. The number of rotatable bonds is 2. The summed E-state index contributed by atoms with van der Waals surface area (Å²) in [4.78, 5) is 0. The molecule has 4 heteroatoms. The van der Waals surface area contributed by atoms with E-state index >= 15 is 0 Å². The number of halogens is 1. The van der Waals surface area contributed by atoms with Gasteiger partial charge in [-0.2, -0.15) is 5.26 Å². The van der Waals surface area contributed by atoms with Crippen molar-refractivity contribution in [3.05, 3.63) is 21.2 Å². The fourth-order valence-electron chi connectivity index (χ4n) is 3.15. The lowest BCUT2D eigenvalue weighted by Gasteiger charge is -2.30. The van der Waals surface area contributed by atoms with Crippen molar-refractivity contribution in [1.29, 1.82) is 5.26 Å². The Bertz CT molecular complexity index is 540. The summed E-state index contributed by atoms with van der Waals surface area (Å²) < 4.78 is 12.9. The molecular formula is C16H18BrNO2. The molecule has 106 valence electrons. The number of hydrogen-bond acceptors (Lipinski definition) is 3. The summed E-state index contributed by atoms with van der Waals surface area (Å²) in [6.45, 7) is 3.56. The van der Waals surface area contributed by atoms with E-state index in [-0.39, 0.29) is 5.92 Å². The molecule has 1 unspecified atom stereocenters. The normalized spacial score (nSPS) is 18.1. The zero-order valence-electron chi connectivity index (χ0n) is 11.7. The molecule has 1 aromatic rings. The molecule has 0 aliphatic carbocycles. The van der Waals surface area contributed by atoms with Gasteiger partial charge in [-0.05, 0) is 48.0 Å². The van der Waals surface area contributed by atoms with Crippen LogP contribution >= 0.6 is 15.9 Å². The van der Waals surface area contributed by atoms with Crippen molar-refractivity contribution in [2.75, 3.05) is 13.2 Å². The lowest BCUT2D eigenvalue weighted by Crippen LogP contribution is -2.19. The van der Waals surface area contributed by atoms with E-state index in [0.29, 0.717) is 0 Å². The van der Waals surface area contributed by atoms with E-state index in [2.05, 4.69) is 28.9 Å². The molecule has 2 heterocycles. The van der Waals surface area contributed by atoms with Crippen LogP contribution in [0.15, 0.2) is 4.47 Å². The molecule has 3 nitrogen and oxygen atoms in total. The number of hydrogen-bond donors (Lipinski definition) is 0. The maximum atomic E-state index is 9.49. The molecule has 1 aromatic carbocycles. The van der Waals surface area contributed by atoms with Crippen molar-refractivity contribution in [3.8, 4) is 17.6 Å². The Labute approximate surface area is 128 Å². The van der Waals surface area contributed by atoms with Gasteiger partial charge in [0, 0.05) is 16.7 Å². The van der Waals surface area contributed by atoms with Gasteiger partial charge in [0.05, 0.1) is 29.7 Å². The van der Waals surface area contributed by atoms with Crippen LogP contribution in [0.5, 0.6) is 11.5 Å². The predicted molar refractivity (Wildman–Crippen MR) is 80.4 cm³/mol. The average Bonchev–Trinajstić information content (AvgIpc) is 2.51. The van der Waals surface area contributed by atoms with Crippen LogP contribution in [0.2, 0.25) is 0 Å². The van der Waals surface area contributed by atoms with E-state index in [1.165, 1.54) is 11.1 Å². The first kappa shape index (κ1) is 13.8.